The van der Waals surface area contributed by atoms with Crippen molar-refractivity contribution in [3.63, 3.8) is 0 Å². The van der Waals surface area contributed by atoms with Crippen molar-refractivity contribution < 1.29 is 8.42 Å². The Kier molecular flexibility index (Phi) is 3.92. The SMILES string of the molecule is C[C@@H](N)c1ccccc1N1CCCS(=O)(=O)CC1. The highest BCUT2D eigenvalue weighted by Gasteiger charge is 2.21. The minimum absolute atomic E-state index is 0.0407. The molecule has 1 heterocycles. The molecule has 18 heavy (non-hydrogen) atoms. The Morgan fingerprint density at radius 2 is 1.94 bits per heavy atom. The van der Waals surface area contributed by atoms with Crippen LogP contribution in [0.25, 0.3) is 0 Å². The smallest absolute Gasteiger partial charge is 0.152 e. The molecular weight excluding hydrogens is 248 g/mol. The first kappa shape index (κ1) is 13.4. The summed E-state index contributed by atoms with van der Waals surface area (Å²) >= 11 is 0. The molecule has 1 fully saturated rings. The van der Waals surface area contributed by atoms with Crippen molar-refractivity contribution in [2.75, 3.05) is 29.5 Å². The van der Waals surface area contributed by atoms with E-state index >= 15 is 0 Å². The van der Waals surface area contributed by atoms with Gasteiger partial charge in [-0.1, -0.05) is 18.2 Å². The first-order chi connectivity index (χ1) is 8.49. The lowest BCUT2D eigenvalue weighted by Gasteiger charge is -2.26. The van der Waals surface area contributed by atoms with E-state index in [0.29, 0.717) is 18.7 Å². The number of para-hydroxylation sites is 1. The van der Waals surface area contributed by atoms with Gasteiger partial charge in [-0.15, -0.1) is 0 Å². The Bertz CT molecular complexity index is 511. The van der Waals surface area contributed by atoms with Crippen molar-refractivity contribution in [1.29, 1.82) is 0 Å². The number of sulfone groups is 1. The second kappa shape index (κ2) is 5.28. The van der Waals surface area contributed by atoms with Crippen LogP contribution in [0.1, 0.15) is 24.9 Å². The molecule has 0 aliphatic carbocycles. The van der Waals surface area contributed by atoms with Crippen LogP contribution in [-0.4, -0.2) is 33.0 Å². The molecule has 5 heteroatoms. The van der Waals surface area contributed by atoms with E-state index in [2.05, 4.69) is 4.90 Å². The molecule has 0 aromatic heterocycles. The first-order valence-corrected chi connectivity index (χ1v) is 8.11. The van der Waals surface area contributed by atoms with Crippen LogP contribution in [0.2, 0.25) is 0 Å². The van der Waals surface area contributed by atoms with Gasteiger partial charge in [0.15, 0.2) is 9.84 Å². The van der Waals surface area contributed by atoms with Crippen molar-refractivity contribution in [3.8, 4) is 0 Å². The van der Waals surface area contributed by atoms with Crippen molar-refractivity contribution in [1.82, 2.24) is 0 Å². The van der Waals surface area contributed by atoms with Crippen molar-refractivity contribution >= 4 is 15.5 Å². The summed E-state index contributed by atoms with van der Waals surface area (Å²) in [6.07, 6.45) is 0.690. The average Bonchev–Trinajstić information content (AvgIpc) is 2.50. The average molecular weight is 268 g/mol. The maximum Gasteiger partial charge on any atom is 0.152 e. The minimum atomic E-state index is -2.87. The van der Waals surface area contributed by atoms with Crippen LogP contribution < -0.4 is 10.6 Å². The van der Waals surface area contributed by atoms with Crippen LogP contribution >= 0.6 is 0 Å². The largest absolute Gasteiger partial charge is 0.370 e. The summed E-state index contributed by atoms with van der Waals surface area (Å²) in [7, 11) is -2.87. The van der Waals surface area contributed by atoms with E-state index in [1.165, 1.54) is 0 Å². The van der Waals surface area contributed by atoms with Crippen molar-refractivity contribution in [2.45, 2.75) is 19.4 Å². The van der Waals surface area contributed by atoms with Crippen molar-refractivity contribution in [3.05, 3.63) is 29.8 Å². The molecule has 1 aromatic rings. The molecule has 4 nitrogen and oxygen atoms in total. The maximum absolute atomic E-state index is 11.6. The van der Waals surface area contributed by atoms with Crippen LogP contribution in [0.5, 0.6) is 0 Å². The fourth-order valence-corrected chi connectivity index (χ4v) is 3.61. The van der Waals surface area contributed by atoms with E-state index in [0.717, 1.165) is 17.8 Å². The van der Waals surface area contributed by atoms with Gasteiger partial charge in [-0.3, -0.25) is 0 Å². The highest BCUT2D eigenvalue weighted by Crippen LogP contribution is 2.26. The predicted octanol–water partition coefficient (Wildman–Crippen LogP) is 1.33. The number of benzene rings is 1. The number of anilines is 1. The fourth-order valence-electron chi connectivity index (χ4n) is 2.34. The third kappa shape index (κ3) is 3.03. The maximum atomic E-state index is 11.6. The number of hydrogen-bond acceptors (Lipinski definition) is 4. The summed E-state index contributed by atoms with van der Waals surface area (Å²) in [4.78, 5) is 2.14. The summed E-state index contributed by atoms with van der Waals surface area (Å²) in [5.74, 6) is 0.532. The molecule has 0 saturated carbocycles. The zero-order valence-corrected chi connectivity index (χ0v) is 11.5. The fraction of sp³-hybridized carbons (Fsp3) is 0.538. The topological polar surface area (TPSA) is 63.4 Å². The minimum Gasteiger partial charge on any atom is -0.370 e. The second-order valence-corrected chi connectivity index (χ2v) is 7.14. The lowest BCUT2D eigenvalue weighted by atomic mass is 10.1. The lowest BCUT2D eigenvalue weighted by molar-refractivity contribution is 0.597. The molecule has 1 atom stereocenters. The summed E-state index contributed by atoms with van der Waals surface area (Å²) < 4.78 is 23.2. The molecule has 2 N–H and O–H groups in total. The van der Waals surface area contributed by atoms with E-state index in [1.807, 2.05) is 31.2 Å². The zero-order valence-electron chi connectivity index (χ0n) is 10.7. The molecule has 1 saturated heterocycles. The van der Waals surface area contributed by atoms with Crippen LogP contribution in [0, 0.1) is 0 Å². The Balaban J connectivity index is 2.26. The predicted molar refractivity (Wildman–Crippen MR) is 74.5 cm³/mol. The molecule has 1 aliphatic rings. The number of rotatable bonds is 2. The lowest BCUT2D eigenvalue weighted by Crippen LogP contribution is -2.28. The molecule has 0 bridgehead atoms. The molecule has 1 aromatic carbocycles. The molecule has 100 valence electrons. The van der Waals surface area contributed by atoms with Crippen LogP contribution in [0.15, 0.2) is 24.3 Å². The van der Waals surface area contributed by atoms with Crippen molar-refractivity contribution in [2.24, 2.45) is 5.73 Å². The Morgan fingerprint density at radius 3 is 2.67 bits per heavy atom. The van der Waals surface area contributed by atoms with Gasteiger partial charge in [0.2, 0.25) is 0 Å². The third-order valence-electron chi connectivity index (χ3n) is 3.32. The van der Waals surface area contributed by atoms with Gasteiger partial charge in [-0.2, -0.15) is 0 Å². The monoisotopic (exact) mass is 268 g/mol. The standard InChI is InChI=1S/C13H20N2O2S/c1-11(14)12-5-2-3-6-13(12)15-7-4-9-18(16,17)10-8-15/h2-3,5-6,11H,4,7-10,14H2,1H3/t11-/m1/s1. The van der Waals surface area contributed by atoms with E-state index in [-0.39, 0.29) is 11.8 Å². The number of hydrogen-bond donors (Lipinski definition) is 1. The van der Waals surface area contributed by atoms with E-state index in [1.54, 1.807) is 0 Å². The summed E-state index contributed by atoms with van der Waals surface area (Å²) in [5, 5.41) is 0. The van der Waals surface area contributed by atoms with E-state index < -0.39 is 9.84 Å². The Morgan fingerprint density at radius 1 is 1.22 bits per heavy atom. The summed E-state index contributed by atoms with van der Waals surface area (Å²) in [6, 6.07) is 7.94. The normalized spacial score (nSPS) is 21.3. The van der Waals surface area contributed by atoms with Gasteiger partial charge in [-0.25, -0.2) is 8.42 Å². The van der Waals surface area contributed by atoms with Gasteiger partial charge in [0.05, 0.1) is 11.5 Å². The van der Waals surface area contributed by atoms with Gasteiger partial charge in [0.1, 0.15) is 0 Å². The highest BCUT2D eigenvalue weighted by molar-refractivity contribution is 7.91. The van der Waals surface area contributed by atoms with Crippen LogP contribution in [-0.2, 0) is 9.84 Å². The first-order valence-electron chi connectivity index (χ1n) is 6.29. The molecule has 2 rings (SSSR count). The molecule has 0 radical (unpaired) electrons. The van der Waals surface area contributed by atoms with E-state index in [4.69, 9.17) is 5.73 Å². The van der Waals surface area contributed by atoms with Crippen LogP contribution in [0.4, 0.5) is 5.69 Å². The molecule has 1 aliphatic heterocycles. The molecule has 0 spiro atoms. The molecular formula is C13H20N2O2S. The third-order valence-corrected chi connectivity index (χ3v) is 5.04. The Hall–Kier alpha value is -1.07. The summed E-state index contributed by atoms with van der Waals surface area (Å²) in [5.41, 5.74) is 8.12. The van der Waals surface area contributed by atoms with Gasteiger partial charge in [-0.05, 0) is 25.0 Å². The number of nitrogens with two attached hydrogens (primary N) is 1. The second-order valence-electron chi connectivity index (χ2n) is 4.84. The number of nitrogens with zero attached hydrogens (tertiary/aromatic N) is 1. The van der Waals surface area contributed by atoms with E-state index in [9.17, 15) is 8.42 Å². The molecule has 0 unspecified atom stereocenters. The zero-order chi connectivity index (χ0) is 13.2. The Labute approximate surface area is 109 Å². The van der Waals surface area contributed by atoms with Gasteiger partial charge in [0, 0.05) is 24.8 Å². The quantitative estimate of drug-likeness (QED) is 0.879. The van der Waals surface area contributed by atoms with Crippen LogP contribution in [0.3, 0.4) is 0 Å². The highest BCUT2D eigenvalue weighted by atomic mass is 32.2. The summed E-state index contributed by atoms with van der Waals surface area (Å²) in [6.45, 7) is 3.29. The van der Waals surface area contributed by atoms with Gasteiger partial charge < -0.3 is 10.6 Å². The van der Waals surface area contributed by atoms with Gasteiger partial charge >= 0.3 is 0 Å². The molecule has 0 amide bonds. The van der Waals surface area contributed by atoms with Gasteiger partial charge in [0.25, 0.3) is 0 Å².